The fourth-order valence-electron chi connectivity index (χ4n) is 2.26. The summed E-state index contributed by atoms with van der Waals surface area (Å²) in [4.78, 5) is 13.2. The second kappa shape index (κ2) is 5.35. The third kappa shape index (κ3) is 4.63. The maximum absolute atomic E-state index is 11.1. The maximum atomic E-state index is 11.1. The second-order valence-electron chi connectivity index (χ2n) is 5.23. The molecule has 6 heteroatoms. The maximum Gasteiger partial charge on any atom is 0.310 e. The Morgan fingerprint density at radius 3 is 2.65 bits per heavy atom. The van der Waals surface area contributed by atoms with E-state index in [4.69, 9.17) is 5.11 Å². The molecule has 0 aromatic carbocycles. The van der Waals surface area contributed by atoms with Crippen molar-refractivity contribution < 1.29 is 18.3 Å². The van der Waals surface area contributed by atoms with Gasteiger partial charge in [0.2, 0.25) is 0 Å². The first kappa shape index (κ1) is 14.4. The number of rotatable bonds is 5. The molecule has 0 amide bonds. The van der Waals surface area contributed by atoms with Crippen LogP contribution in [0.1, 0.15) is 26.2 Å². The molecule has 1 aliphatic rings. The number of piperidine rings is 1. The molecule has 0 saturated carbocycles. The molecule has 17 heavy (non-hydrogen) atoms. The molecular formula is C11H21NO4S. The zero-order valence-corrected chi connectivity index (χ0v) is 11.3. The summed E-state index contributed by atoms with van der Waals surface area (Å²) in [5.74, 6) is -0.585. The van der Waals surface area contributed by atoms with Crippen LogP contribution < -0.4 is 0 Å². The van der Waals surface area contributed by atoms with Gasteiger partial charge in [0.15, 0.2) is 0 Å². The molecule has 100 valence electrons. The number of carboxylic acid groups (broad SMARTS) is 1. The van der Waals surface area contributed by atoms with Gasteiger partial charge in [-0.2, -0.15) is 0 Å². The molecule has 1 atom stereocenters. The molecule has 1 aliphatic heterocycles. The fraction of sp³-hybridized carbons (Fsp3) is 0.909. The molecule has 0 spiro atoms. The first-order valence-corrected chi connectivity index (χ1v) is 7.92. The van der Waals surface area contributed by atoms with Crippen molar-refractivity contribution in [3.63, 3.8) is 0 Å². The van der Waals surface area contributed by atoms with Crippen LogP contribution in [0.4, 0.5) is 0 Å². The van der Waals surface area contributed by atoms with Gasteiger partial charge in [-0.1, -0.05) is 0 Å². The van der Waals surface area contributed by atoms with E-state index < -0.39 is 21.2 Å². The number of carboxylic acids is 1. The molecule has 1 fully saturated rings. The van der Waals surface area contributed by atoms with Crippen molar-refractivity contribution in [2.75, 3.05) is 31.6 Å². The van der Waals surface area contributed by atoms with E-state index in [0.29, 0.717) is 25.9 Å². The summed E-state index contributed by atoms with van der Waals surface area (Å²) in [6, 6.07) is 0. The number of likely N-dealkylation sites (tertiary alicyclic amines) is 1. The van der Waals surface area contributed by atoms with Gasteiger partial charge in [0.25, 0.3) is 0 Å². The number of sulfone groups is 1. The van der Waals surface area contributed by atoms with Gasteiger partial charge >= 0.3 is 5.97 Å². The molecule has 1 heterocycles. The molecule has 1 saturated heterocycles. The van der Waals surface area contributed by atoms with Crippen LogP contribution in [0.3, 0.4) is 0 Å². The third-order valence-electron chi connectivity index (χ3n) is 3.28. The summed E-state index contributed by atoms with van der Waals surface area (Å²) in [6.45, 7) is 3.81. The van der Waals surface area contributed by atoms with Crippen LogP contribution in [0.25, 0.3) is 0 Å². The highest BCUT2D eigenvalue weighted by Gasteiger charge is 2.37. The number of carbonyl (C=O) groups is 1. The lowest BCUT2D eigenvalue weighted by Gasteiger charge is -2.37. The summed E-state index contributed by atoms with van der Waals surface area (Å²) in [7, 11) is -2.91. The first-order chi connectivity index (χ1) is 7.73. The van der Waals surface area contributed by atoms with Crippen molar-refractivity contribution >= 4 is 15.8 Å². The zero-order chi connectivity index (χ0) is 13.1. The third-order valence-corrected chi connectivity index (χ3v) is 4.31. The van der Waals surface area contributed by atoms with E-state index >= 15 is 0 Å². The summed E-state index contributed by atoms with van der Waals surface area (Å²) in [6.07, 6.45) is 3.37. The van der Waals surface area contributed by atoms with E-state index in [0.717, 1.165) is 13.0 Å². The van der Waals surface area contributed by atoms with Crippen molar-refractivity contribution in [1.82, 2.24) is 4.90 Å². The van der Waals surface area contributed by atoms with Gasteiger partial charge < -0.3 is 10.0 Å². The van der Waals surface area contributed by atoms with Gasteiger partial charge in [-0.15, -0.1) is 0 Å². The van der Waals surface area contributed by atoms with Crippen molar-refractivity contribution in [3.8, 4) is 0 Å². The minimum Gasteiger partial charge on any atom is -0.481 e. The molecule has 5 nitrogen and oxygen atoms in total. The first-order valence-electron chi connectivity index (χ1n) is 5.86. The quantitative estimate of drug-likeness (QED) is 0.786. The Morgan fingerprint density at radius 2 is 2.12 bits per heavy atom. The van der Waals surface area contributed by atoms with Gasteiger partial charge in [0.1, 0.15) is 9.84 Å². The van der Waals surface area contributed by atoms with Crippen LogP contribution in [0.5, 0.6) is 0 Å². The van der Waals surface area contributed by atoms with Crippen LogP contribution >= 0.6 is 0 Å². The monoisotopic (exact) mass is 263 g/mol. The summed E-state index contributed by atoms with van der Waals surface area (Å²) < 4.78 is 22.0. The number of hydrogen-bond donors (Lipinski definition) is 1. The predicted octanol–water partition coefficient (Wildman–Crippen LogP) is 0.608. The molecule has 0 aromatic heterocycles. The topological polar surface area (TPSA) is 74.7 Å². The Morgan fingerprint density at radius 1 is 1.47 bits per heavy atom. The Bertz CT molecular complexity index is 379. The number of nitrogens with zero attached hydrogens (tertiary/aromatic N) is 1. The van der Waals surface area contributed by atoms with Gasteiger partial charge in [-0.25, -0.2) is 8.42 Å². The molecule has 0 aliphatic carbocycles. The molecule has 0 bridgehead atoms. The van der Waals surface area contributed by atoms with Gasteiger partial charge in [-0.3, -0.25) is 4.79 Å². The average molecular weight is 263 g/mol. The number of hydrogen-bond acceptors (Lipinski definition) is 4. The lowest BCUT2D eigenvalue weighted by Crippen LogP contribution is -2.46. The van der Waals surface area contributed by atoms with Gasteiger partial charge in [0, 0.05) is 12.8 Å². The predicted molar refractivity (Wildman–Crippen MR) is 65.7 cm³/mol. The standard InChI is InChI=1S/C11H21NO4S/c1-11(10(13)14)5-3-6-12(9-11)7-4-8-17(2,15)16/h3-9H2,1-2H3,(H,13,14). The van der Waals surface area contributed by atoms with Crippen LogP contribution in [0.15, 0.2) is 0 Å². The van der Waals surface area contributed by atoms with Crippen LogP contribution in [0, 0.1) is 5.41 Å². The van der Waals surface area contributed by atoms with Gasteiger partial charge in [0.05, 0.1) is 11.2 Å². The summed E-state index contributed by atoms with van der Waals surface area (Å²) in [5, 5.41) is 9.15. The number of aliphatic carboxylic acids is 1. The molecular weight excluding hydrogens is 242 g/mol. The van der Waals surface area contributed by atoms with E-state index in [2.05, 4.69) is 4.90 Å². The average Bonchev–Trinajstić information content (AvgIpc) is 2.15. The van der Waals surface area contributed by atoms with Gasteiger partial charge in [-0.05, 0) is 39.3 Å². The normalized spacial score (nSPS) is 26.9. The summed E-state index contributed by atoms with van der Waals surface area (Å²) in [5.41, 5.74) is -0.677. The van der Waals surface area contributed by atoms with Crippen molar-refractivity contribution in [2.24, 2.45) is 5.41 Å². The molecule has 1 N–H and O–H groups in total. The lowest BCUT2D eigenvalue weighted by atomic mass is 9.82. The molecule has 1 unspecified atom stereocenters. The van der Waals surface area contributed by atoms with Crippen molar-refractivity contribution in [3.05, 3.63) is 0 Å². The van der Waals surface area contributed by atoms with E-state index in [1.807, 2.05) is 0 Å². The highest BCUT2D eigenvalue weighted by molar-refractivity contribution is 7.90. The van der Waals surface area contributed by atoms with E-state index in [-0.39, 0.29) is 5.75 Å². The summed E-state index contributed by atoms with van der Waals surface area (Å²) >= 11 is 0. The Labute approximate surface area is 103 Å². The minimum absolute atomic E-state index is 0.174. The Kier molecular flexibility index (Phi) is 4.55. The Hall–Kier alpha value is -0.620. The molecule has 0 aromatic rings. The molecule has 1 rings (SSSR count). The second-order valence-corrected chi connectivity index (χ2v) is 7.49. The highest BCUT2D eigenvalue weighted by Crippen LogP contribution is 2.29. The smallest absolute Gasteiger partial charge is 0.310 e. The van der Waals surface area contributed by atoms with Crippen molar-refractivity contribution in [2.45, 2.75) is 26.2 Å². The largest absolute Gasteiger partial charge is 0.481 e. The molecule has 0 radical (unpaired) electrons. The fourth-order valence-corrected chi connectivity index (χ4v) is 2.91. The lowest BCUT2D eigenvalue weighted by molar-refractivity contribution is -0.151. The zero-order valence-electron chi connectivity index (χ0n) is 10.5. The van der Waals surface area contributed by atoms with Crippen molar-refractivity contribution in [1.29, 1.82) is 0 Å². The van der Waals surface area contributed by atoms with E-state index in [1.165, 1.54) is 6.26 Å². The van der Waals surface area contributed by atoms with Crippen LogP contribution in [-0.2, 0) is 14.6 Å². The minimum atomic E-state index is -2.91. The Balaban J connectivity index is 2.43. The van der Waals surface area contributed by atoms with Crippen LogP contribution in [0.2, 0.25) is 0 Å². The van der Waals surface area contributed by atoms with E-state index in [9.17, 15) is 13.2 Å². The SMILES string of the molecule is CC1(C(=O)O)CCCN(CCCS(C)(=O)=O)C1. The van der Waals surface area contributed by atoms with Crippen LogP contribution in [-0.4, -0.2) is 56.0 Å². The van der Waals surface area contributed by atoms with E-state index in [1.54, 1.807) is 6.92 Å². The highest BCUT2D eigenvalue weighted by atomic mass is 32.2.